The van der Waals surface area contributed by atoms with E-state index >= 15 is 0 Å². The van der Waals surface area contributed by atoms with Gasteiger partial charge in [0.1, 0.15) is 11.2 Å². The highest BCUT2D eigenvalue weighted by Gasteiger charge is 2.37. The summed E-state index contributed by atoms with van der Waals surface area (Å²) in [5.74, 6) is 0. The molecule has 274 valence electrons. The Hall–Kier alpha value is -5.92. The molecule has 1 heteroatoms. The average molecular weight is 725 g/mol. The zero-order valence-electron chi connectivity index (χ0n) is 34.3. The van der Waals surface area contributed by atoms with E-state index in [1.807, 2.05) is 0 Å². The van der Waals surface area contributed by atoms with E-state index in [-0.39, 0.29) is 5.41 Å². The minimum atomic E-state index is -0.163. The summed E-state index contributed by atoms with van der Waals surface area (Å²) in [4.78, 5) is 0. The molecule has 10 rings (SSSR count). The fourth-order valence-corrected chi connectivity index (χ4v) is 10.4. The Bertz CT molecular complexity index is 3090. The second kappa shape index (κ2) is 12.0. The molecule has 0 unspecified atom stereocenters. The first-order chi connectivity index (χ1) is 26.9. The van der Waals surface area contributed by atoms with Crippen LogP contribution in [0.3, 0.4) is 0 Å². The summed E-state index contributed by atoms with van der Waals surface area (Å²) in [6.45, 7) is 23.5. The SMILES string of the molecule is Cc1c(C)c(C)c2c(-c3cccc4oc5ccccc5c34)c3c(C)c(C)c(C)c(C)c3c(-c3ccc4c(c3)C(C)(C)c3cc(-c5ccccc5)ccc3-4)c2c1C. The number of hydrogen-bond acceptors (Lipinski definition) is 1. The lowest BCUT2D eigenvalue weighted by Gasteiger charge is -2.28. The molecule has 1 aliphatic carbocycles. The van der Waals surface area contributed by atoms with Crippen molar-refractivity contribution >= 4 is 43.5 Å². The van der Waals surface area contributed by atoms with E-state index in [1.165, 1.54) is 127 Å². The van der Waals surface area contributed by atoms with E-state index in [9.17, 15) is 0 Å². The number of hydrogen-bond donors (Lipinski definition) is 0. The van der Waals surface area contributed by atoms with Gasteiger partial charge in [0.05, 0.1) is 0 Å². The molecule has 1 nitrogen and oxygen atoms in total. The Morgan fingerprint density at radius 2 is 0.839 bits per heavy atom. The Morgan fingerprint density at radius 1 is 0.357 bits per heavy atom. The molecule has 0 N–H and O–H groups in total. The van der Waals surface area contributed by atoms with Gasteiger partial charge in [-0.05, 0) is 201 Å². The summed E-state index contributed by atoms with van der Waals surface area (Å²) in [5.41, 5.74) is 25.8. The van der Waals surface area contributed by atoms with Gasteiger partial charge in [0.15, 0.2) is 0 Å². The van der Waals surface area contributed by atoms with E-state index in [4.69, 9.17) is 4.42 Å². The molecule has 0 spiro atoms. The monoisotopic (exact) mass is 724 g/mol. The summed E-state index contributed by atoms with van der Waals surface area (Å²) in [7, 11) is 0. The van der Waals surface area contributed by atoms with Crippen molar-refractivity contribution in [2.45, 2.75) is 74.7 Å². The van der Waals surface area contributed by atoms with Gasteiger partial charge in [-0.25, -0.2) is 0 Å². The summed E-state index contributed by atoms with van der Waals surface area (Å²) >= 11 is 0. The lowest BCUT2D eigenvalue weighted by Crippen LogP contribution is -2.15. The maximum atomic E-state index is 6.55. The maximum Gasteiger partial charge on any atom is 0.136 e. The third-order valence-corrected chi connectivity index (χ3v) is 14.1. The molecule has 0 bridgehead atoms. The Kier molecular flexibility index (Phi) is 7.43. The fourth-order valence-electron chi connectivity index (χ4n) is 10.4. The van der Waals surface area contributed by atoms with Crippen molar-refractivity contribution in [1.82, 2.24) is 0 Å². The molecule has 0 aliphatic heterocycles. The van der Waals surface area contributed by atoms with Crippen LogP contribution in [0.2, 0.25) is 0 Å². The Labute approximate surface area is 330 Å². The van der Waals surface area contributed by atoms with Gasteiger partial charge in [-0.2, -0.15) is 0 Å². The molecule has 0 saturated heterocycles. The lowest BCUT2D eigenvalue weighted by atomic mass is 9.75. The van der Waals surface area contributed by atoms with Crippen molar-refractivity contribution in [1.29, 1.82) is 0 Å². The van der Waals surface area contributed by atoms with Gasteiger partial charge in [-0.1, -0.05) is 98.8 Å². The molecule has 8 aromatic carbocycles. The van der Waals surface area contributed by atoms with Crippen LogP contribution in [0.1, 0.15) is 69.5 Å². The number of benzene rings is 8. The minimum Gasteiger partial charge on any atom is -0.456 e. The van der Waals surface area contributed by atoms with Crippen molar-refractivity contribution in [2.75, 3.05) is 0 Å². The second-order valence-corrected chi connectivity index (χ2v) is 17.0. The average Bonchev–Trinajstić information content (AvgIpc) is 3.71. The van der Waals surface area contributed by atoms with Crippen molar-refractivity contribution in [3.63, 3.8) is 0 Å². The van der Waals surface area contributed by atoms with Crippen molar-refractivity contribution in [3.8, 4) is 44.5 Å². The number of rotatable bonds is 3. The van der Waals surface area contributed by atoms with Gasteiger partial charge in [-0.3, -0.25) is 0 Å². The molecule has 0 fully saturated rings. The van der Waals surface area contributed by atoms with Crippen LogP contribution < -0.4 is 0 Å². The molecule has 1 heterocycles. The molecular weight excluding hydrogens is 677 g/mol. The van der Waals surface area contributed by atoms with Crippen LogP contribution in [0.5, 0.6) is 0 Å². The number of para-hydroxylation sites is 1. The molecular formula is C55H48O. The maximum absolute atomic E-state index is 6.55. The Morgan fingerprint density at radius 3 is 1.43 bits per heavy atom. The number of fused-ring (bicyclic) bond motifs is 8. The van der Waals surface area contributed by atoms with Crippen LogP contribution in [0.15, 0.2) is 114 Å². The van der Waals surface area contributed by atoms with Crippen LogP contribution in [0.25, 0.3) is 88.0 Å². The molecule has 1 aliphatic rings. The van der Waals surface area contributed by atoms with Crippen LogP contribution in [0, 0.1) is 55.4 Å². The quantitative estimate of drug-likeness (QED) is 0.165. The third-order valence-electron chi connectivity index (χ3n) is 14.1. The molecule has 0 saturated carbocycles. The first-order valence-electron chi connectivity index (χ1n) is 20.1. The lowest BCUT2D eigenvalue weighted by molar-refractivity contribution is 0.661. The standard InChI is InChI=1S/C55H48O/c1-29-31(3)35(7)50-48(33(29)5)52(39-24-26-41-40-25-23-38(37-17-12-11-13-18-37)27-44(40)55(9,10)45(41)28-39)49-34(6)30(2)32(4)36(8)51(49)54(50)43-20-16-22-47-53(43)42-19-14-15-21-46(42)56-47/h11-28H,1-10H3. The molecule has 56 heavy (non-hydrogen) atoms. The molecule has 0 radical (unpaired) electrons. The van der Waals surface area contributed by atoms with Gasteiger partial charge in [0.2, 0.25) is 0 Å². The summed E-state index contributed by atoms with van der Waals surface area (Å²) < 4.78 is 6.55. The van der Waals surface area contributed by atoms with E-state index in [0.29, 0.717) is 0 Å². The number of aryl methyl sites for hydroxylation is 4. The minimum absolute atomic E-state index is 0.163. The second-order valence-electron chi connectivity index (χ2n) is 17.0. The van der Waals surface area contributed by atoms with Crippen molar-refractivity contribution < 1.29 is 4.42 Å². The van der Waals surface area contributed by atoms with Gasteiger partial charge < -0.3 is 4.42 Å². The van der Waals surface area contributed by atoms with E-state index in [0.717, 1.165) is 16.6 Å². The highest BCUT2D eigenvalue weighted by molar-refractivity contribution is 6.28. The highest BCUT2D eigenvalue weighted by atomic mass is 16.3. The smallest absolute Gasteiger partial charge is 0.136 e. The summed E-state index contributed by atoms with van der Waals surface area (Å²) in [6.07, 6.45) is 0. The largest absolute Gasteiger partial charge is 0.456 e. The van der Waals surface area contributed by atoms with Crippen molar-refractivity contribution in [2.24, 2.45) is 0 Å². The van der Waals surface area contributed by atoms with Crippen LogP contribution in [-0.2, 0) is 5.41 Å². The zero-order chi connectivity index (χ0) is 38.9. The first-order valence-corrected chi connectivity index (χ1v) is 20.1. The normalized spacial score (nSPS) is 13.3. The van der Waals surface area contributed by atoms with Gasteiger partial charge >= 0.3 is 0 Å². The molecule has 9 aromatic rings. The van der Waals surface area contributed by atoms with Gasteiger partial charge in [0, 0.05) is 16.2 Å². The van der Waals surface area contributed by atoms with Crippen molar-refractivity contribution in [3.05, 3.63) is 165 Å². The molecule has 1 aromatic heterocycles. The van der Waals surface area contributed by atoms with Crippen LogP contribution >= 0.6 is 0 Å². The Balaban J connectivity index is 1.36. The highest BCUT2D eigenvalue weighted by Crippen LogP contribution is 2.55. The van der Waals surface area contributed by atoms with E-state index in [2.05, 4.69) is 178 Å². The van der Waals surface area contributed by atoms with Gasteiger partial charge in [-0.15, -0.1) is 0 Å². The predicted molar refractivity (Wildman–Crippen MR) is 240 cm³/mol. The van der Waals surface area contributed by atoms with Crippen LogP contribution in [0.4, 0.5) is 0 Å². The van der Waals surface area contributed by atoms with Gasteiger partial charge in [0.25, 0.3) is 0 Å². The predicted octanol–water partition coefficient (Wildman–Crippen LogP) is 15.7. The summed E-state index contributed by atoms with van der Waals surface area (Å²) in [6, 6.07) is 40.4. The topological polar surface area (TPSA) is 13.1 Å². The van der Waals surface area contributed by atoms with Crippen LogP contribution in [-0.4, -0.2) is 0 Å². The van der Waals surface area contributed by atoms with E-state index < -0.39 is 0 Å². The third kappa shape index (κ3) is 4.55. The first kappa shape index (κ1) is 34.6. The van der Waals surface area contributed by atoms with E-state index in [1.54, 1.807) is 0 Å². The molecule has 0 amide bonds. The fraction of sp³-hybridized carbons (Fsp3) is 0.200. The molecule has 0 atom stereocenters. The zero-order valence-corrected chi connectivity index (χ0v) is 34.3. The number of furan rings is 1. The summed E-state index contributed by atoms with van der Waals surface area (Å²) in [5, 5.41) is 7.79.